The van der Waals surface area contributed by atoms with Gasteiger partial charge in [0.2, 0.25) is 0 Å². The van der Waals surface area contributed by atoms with Gasteiger partial charge in [0, 0.05) is 6.61 Å². The van der Waals surface area contributed by atoms with E-state index in [1.165, 1.54) is 6.07 Å². The Balaban J connectivity index is 2.50. The van der Waals surface area contributed by atoms with E-state index in [0.29, 0.717) is 30.6 Å². The molecule has 0 aromatic heterocycles. The van der Waals surface area contributed by atoms with Crippen molar-refractivity contribution < 1.29 is 13.9 Å². The minimum absolute atomic E-state index is 0.240. The smallest absolute Gasteiger partial charge is 0.156 e. The molecule has 1 unspecified atom stereocenters. The van der Waals surface area contributed by atoms with Gasteiger partial charge in [-0.25, -0.2) is 4.39 Å². The maximum absolute atomic E-state index is 13.4. The fourth-order valence-electron chi connectivity index (χ4n) is 2.22. The van der Waals surface area contributed by atoms with Crippen LogP contribution in [-0.2, 0) is 21.6 Å². The van der Waals surface area contributed by atoms with Crippen LogP contribution in [0.2, 0.25) is 0 Å². The molecule has 0 fully saturated rings. The molecule has 2 rings (SSSR count). The molecule has 0 bridgehead atoms. The highest BCUT2D eigenvalue weighted by Gasteiger charge is 2.40. The SMILES string of the molecule is CCOC1(C=O)CCc2c(F)cccc21. The number of benzene rings is 1. The summed E-state index contributed by atoms with van der Waals surface area (Å²) < 4.78 is 18.9. The van der Waals surface area contributed by atoms with E-state index in [1.54, 1.807) is 12.1 Å². The van der Waals surface area contributed by atoms with Crippen LogP contribution in [0.25, 0.3) is 0 Å². The van der Waals surface area contributed by atoms with Crippen molar-refractivity contribution in [1.82, 2.24) is 0 Å². The maximum atomic E-state index is 13.4. The van der Waals surface area contributed by atoms with Crippen molar-refractivity contribution >= 4 is 6.29 Å². The first-order chi connectivity index (χ1) is 7.23. The number of carbonyl (C=O) groups excluding carboxylic acids is 1. The second kappa shape index (κ2) is 3.74. The minimum Gasteiger partial charge on any atom is -0.363 e. The van der Waals surface area contributed by atoms with E-state index in [2.05, 4.69) is 0 Å². The Kier molecular flexibility index (Phi) is 2.57. The molecule has 2 nitrogen and oxygen atoms in total. The molecule has 1 aromatic rings. The van der Waals surface area contributed by atoms with E-state index in [9.17, 15) is 9.18 Å². The first-order valence-electron chi connectivity index (χ1n) is 5.11. The summed E-state index contributed by atoms with van der Waals surface area (Å²) in [6.45, 7) is 2.29. The molecule has 0 saturated heterocycles. The first-order valence-corrected chi connectivity index (χ1v) is 5.11. The van der Waals surface area contributed by atoms with Gasteiger partial charge in [-0.1, -0.05) is 12.1 Å². The number of rotatable bonds is 3. The van der Waals surface area contributed by atoms with Crippen molar-refractivity contribution in [1.29, 1.82) is 0 Å². The molecular formula is C12H13FO2. The zero-order chi connectivity index (χ0) is 10.9. The second-order valence-corrected chi connectivity index (χ2v) is 3.71. The Bertz CT molecular complexity index is 389. The summed E-state index contributed by atoms with van der Waals surface area (Å²) >= 11 is 0. The second-order valence-electron chi connectivity index (χ2n) is 3.71. The Morgan fingerprint density at radius 1 is 1.60 bits per heavy atom. The van der Waals surface area contributed by atoms with Gasteiger partial charge in [-0.3, -0.25) is 4.79 Å². The van der Waals surface area contributed by atoms with Gasteiger partial charge in [0.05, 0.1) is 0 Å². The first kappa shape index (κ1) is 10.3. The van der Waals surface area contributed by atoms with E-state index < -0.39 is 5.60 Å². The molecule has 1 atom stereocenters. The summed E-state index contributed by atoms with van der Waals surface area (Å²) in [4.78, 5) is 11.1. The van der Waals surface area contributed by atoms with Gasteiger partial charge in [0.15, 0.2) is 6.29 Å². The van der Waals surface area contributed by atoms with Crippen LogP contribution in [0.15, 0.2) is 18.2 Å². The van der Waals surface area contributed by atoms with Crippen molar-refractivity contribution in [3.63, 3.8) is 0 Å². The highest BCUT2D eigenvalue weighted by molar-refractivity contribution is 5.69. The molecule has 0 saturated carbocycles. The summed E-state index contributed by atoms with van der Waals surface area (Å²) in [6, 6.07) is 4.82. The van der Waals surface area contributed by atoms with E-state index in [-0.39, 0.29) is 5.82 Å². The van der Waals surface area contributed by atoms with Crippen molar-refractivity contribution in [2.24, 2.45) is 0 Å². The molecule has 0 radical (unpaired) electrons. The number of hydrogen-bond donors (Lipinski definition) is 0. The predicted octanol–water partition coefficient (Wildman–Crippen LogP) is 2.20. The molecule has 1 aliphatic rings. The lowest BCUT2D eigenvalue weighted by Crippen LogP contribution is -2.28. The molecule has 3 heteroatoms. The van der Waals surface area contributed by atoms with Crippen molar-refractivity contribution in [2.75, 3.05) is 6.61 Å². The van der Waals surface area contributed by atoms with Gasteiger partial charge < -0.3 is 4.74 Å². The van der Waals surface area contributed by atoms with Gasteiger partial charge in [-0.2, -0.15) is 0 Å². The van der Waals surface area contributed by atoms with Gasteiger partial charge >= 0.3 is 0 Å². The zero-order valence-corrected chi connectivity index (χ0v) is 8.63. The van der Waals surface area contributed by atoms with E-state index >= 15 is 0 Å². The maximum Gasteiger partial charge on any atom is 0.156 e. The molecule has 0 heterocycles. The molecule has 0 amide bonds. The summed E-state index contributed by atoms with van der Waals surface area (Å²) in [7, 11) is 0. The lowest BCUT2D eigenvalue weighted by Gasteiger charge is -2.23. The van der Waals surface area contributed by atoms with Crippen LogP contribution >= 0.6 is 0 Å². The highest BCUT2D eigenvalue weighted by Crippen LogP contribution is 2.39. The monoisotopic (exact) mass is 208 g/mol. The van der Waals surface area contributed by atoms with Crippen molar-refractivity contribution in [3.05, 3.63) is 35.1 Å². The number of ether oxygens (including phenoxy) is 1. The molecule has 0 N–H and O–H groups in total. The van der Waals surface area contributed by atoms with Gasteiger partial charge in [0.25, 0.3) is 0 Å². The fraction of sp³-hybridized carbons (Fsp3) is 0.417. The standard InChI is InChI=1S/C12H13FO2/c1-2-15-12(8-14)7-6-9-10(12)4-3-5-11(9)13/h3-5,8H,2,6-7H2,1H3. The van der Waals surface area contributed by atoms with E-state index in [0.717, 1.165) is 6.29 Å². The Hall–Kier alpha value is -1.22. The molecule has 80 valence electrons. The largest absolute Gasteiger partial charge is 0.363 e. The Morgan fingerprint density at radius 3 is 3.07 bits per heavy atom. The van der Waals surface area contributed by atoms with E-state index in [1.807, 2.05) is 6.92 Å². The number of hydrogen-bond acceptors (Lipinski definition) is 2. The molecule has 15 heavy (non-hydrogen) atoms. The normalized spacial score (nSPS) is 23.9. The summed E-state index contributed by atoms with van der Waals surface area (Å²) in [6.07, 6.45) is 1.91. The van der Waals surface area contributed by atoms with Crippen LogP contribution in [0.5, 0.6) is 0 Å². The third-order valence-corrected chi connectivity index (χ3v) is 2.91. The molecular weight excluding hydrogens is 195 g/mol. The third kappa shape index (κ3) is 1.47. The Morgan fingerprint density at radius 2 is 2.40 bits per heavy atom. The zero-order valence-electron chi connectivity index (χ0n) is 8.63. The molecule has 1 aliphatic carbocycles. The van der Waals surface area contributed by atoms with Crippen LogP contribution in [0, 0.1) is 5.82 Å². The lowest BCUT2D eigenvalue weighted by molar-refractivity contribution is -0.131. The quantitative estimate of drug-likeness (QED) is 0.712. The molecule has 0 spiro atoms. The van der Waals surface area contributed by atoms with E-state index in [4.69, 9.17) is 4.74 Å². The topological polar surface area (TPSA) is 26.3 Å². The number of aldehydes is 1. The summed E-state index contributed by atoms with van der Waals surface area (Å²) in [5.41, 5.74) is 0.407. The number of halogens is 1. The third-order valence-electron chi connectivity index (χ3n) is 2.91. The predicted molar refractivity (Wildman–Crippen MR) is 54.1 cm³/mol. The number of fused-ring (bicyclic) bond motifs is 1. The van der Waals surface area contributed by atoms with Crippen molar-refractivity contribution in [3.8, 4) is 0 Å². The summed E-state index contributed by atoms with van der Waals surface area (Å²) in [5, 5.41) is 0. The van der Waals surface area contributed by atoms with Gasteiger partial charge in [-0.15, -0.1) is 0 Å². The average molecular weight is 208 g/mol. The van der Waals surface area contributed by atoms with Gasteiger partial charge in [0.1, 0.15) is 11.4 Å². The fourth-order valence-corrected chi connectivity index (χ4v) is 2.22. The van der Waals surface area contributed by atoms with Crippen LogP contribution in [0.4, 0.5) is 4.39 Å². The van der Waals surface area contributed by atoms with Gasteiger partial charge in [-0.05, 0) is 37.0 Å². The lowest BCUT2D eigenvalue weighted by atomic mass is 9.97. The molecule has 1 aromatic carbocycles. The van der Waals surface area contributed by atoms with Crippen LogP contribution in [0.1, 0.15) is 24.5 Å². The van der Waals surface area contributed by atoms with Crippen molar-refractivity contribution in [2.45, 2.75) is 25.4 Å². The van der Waals surface area contributed by atoms with Crippen LogP contribution in [0.3, 0.4) is 0 Å². The average Bonchev–Trinajstić information content (AvgIpc) is 2.61. The summed E-state index contributed by atoms with van der Waals surface area (Å²) in [5.74, 6) is -0.240. The number of carbonyl (C=O) groups is 1. The molecule has 0 aliphatic heterocycles. The highest BCUT2D eigenvalue weighted by atomic mass is 19.1. The minimum atomic E-state index is -0.911. The Labute approximate surface area is 88.1 Å². The van der Waals surface area contributed by atoms with Crippen LogP contribution < -0.4 is 0 Å². The van der Waals surface area contributed by atoms with Crippen LogP contribution in [-0.4, -0.2) is 12.9 Å².